The summed E-state index contributed by atoms with van der Waals surface area (Å²) in [6, 6.07) is 10.2. The normalized spacial score (nSPS) is 10.1. The molecule has 0 saturated heterocycles. The van der Waals surface area contributed by atoms with Gasteiger partial charge in [0.15, 0.2) is 0 Å². The zero-order chi connectivity index (χ0) is 18.4. The van der Waals surface area contributed by atoms with E-state index in [1.165, 1.54) is 14.2 Å². The minimum absolute atomic E-state index is 0.203. The average molecular weight is 363 g/mol. The highest BCUT2D eigenvalue weighted by molar-refractivity contribution is 6.31. The molecule has 25 heavy (non-hydrogen) atoms. The Balaban J connectivity index is 2.02. The van der Waals surface area contributed by atoms with E-state index in [0.717, 1.165) is 5.56 Å². The van der Waals surface area contributed by atoms with E-state index in [4.69, 9.17) is 21.1 Å². The van der Waals surface area contributed by atoms with Crippen molar-refractivity contribution in [3.8, 4) is 11.5 Å². The van der Waals surface area contributed by atoms with Crippen LogP contribution in [-0.4, -0.2) is 32.6 Å². The molecule has 2 aromatic carbocycles. The van der Waals surface area contributed by atoms with Gasteiger partial charge in [0.1, 0.15) is 17.1 Å². The van der Waals surface area contributed by atoms with Gasteiger partial charge in [0.05, 0.1) is 20.8 Å². The third-order valence-corrected chi connectivity index (χ3v) is 3.93. The van der Waals surface area contributed by atoms with Gasteiger partial charge in [0.2, 0.25) is 5.91 Å². The molecule has 0 atom stereocenters. The quantitative estimate of drug-likeness (QED) is 0.828. The van der Waals surface area contributed by atoms with E-state index < -0.39 is 5.91 Å². The van der Waals surface area contributed by atoms with Crippen LogP contribution < -0.4 is 20.1 Å². The first-order valence-corrected chi connectivity index (χ1v) is 7.89. The van der Waals surface area contributed by atoms with Crippen molar-refractivity contribution in [2.45, 2.75) is 6.92 Å². The van der Waals surface area contributed by atoms with Crippen LogP contribution in [0.5, 0.6) is 11.5 Å². The molecule has 2 amide bonds. The summed E-state index contributed by atoms with van der Waals surface area (Å²) in [5.41, 5.74) is 1.71. The van der Waals surface area contributed by atoms with Gasteiger partial charge in [-0.05, 0) is 36.8 Å². The third-order valence-electron chi connectivity index (χ3n) is 3.52. The van der Waals surface area contributed by atoms with Crippen LogP contribution in [0.1, 0.15) is 15.9 Å². The first-order valence-electron chi connectivity index (χ1n) is 7.51. The maximum atomic E-state index is 12.4. The molecule has 0 saturated carbocycles. The van der Waals surface area contributed by atoms with E-state index in [-0.39, 0.29) is 18.0 Å². The van der Waals surface area contributed by atoms with Crippen molar-refractivity contribution in [3.05, 3.63) is 52.5 Å². The molecule has 0 aliphatic carbocycles. The Labute approximate surface area is 151 Å². The molecular formula is C18H19ClN2O4. The van der Waals surface area contributed by atoms with Crippen molar-refractivity contribution in [2.75, 3.05) is 26.1 Å². The Hall–Kier alpha value is -2.73. The van der Waals surface area contributed by atoms with Gasteiger partial charge in [-0.25, -0.2) is 0 Å². The Morgan fingerprint density at radius 1 is 1.08 bits per heavy atom. The van der Waals surface area contributed by atoms with Gasteiger partial charge in [0, 0.05) is 10.7 Å². The first kappa shape index (κ1) is 18.6. The van der Waals surface area contributed by atoms with Crippen LogP contribution in [0.2, 0.25) is 5.02 Å². The summed E-state index contributed by atoms with van der Waals surface area (Å²) in [6.45, 7) is 1.67. The zero-order valence-electron chi connectivity index (χ0n) is 14.2. The monoisotopic (exact) mass is 362 g/mol. The largest absolute Gasteiger partial charge is 0.496 e. The number of hydrogen-bond acceptors (Lipinski definition) is 4. The lowest BCUT2D eigenvalue weighted by Gasteiger charge is -2.13. The fraction of sp³-hybridized carbons (Fsp3) is 0.222. The van der Waals surface area contributed by atoms with Crippen LogP contribution in [0.3, 0.4) is 0 Å². The topological polar surface area (TPSA) is 76.7 Å². The summed E-state index contributed by atoms with van der Waals surface area (Å²) >= 11 is 6.02. The standard InChI is InChI=1S/C18H19ClN2O4/c1-11-7-8-12(9-13(11)19)21-16(22)10-20-18(23)17-14(24-2)5-4-6-15(17)25-3/h4-9H,10H2,1-3H3,(H,20,23)(H,21,22). The van der Waals surface area contributed by atoms with Crippen LogP contribution in [-0.2, 0) is 4.79 Å². The summed E-state index contributed by atoms with van der Waals surface area (Å²) in [6.07, 6.45) is 0. The summed E-state index contributed by atoms with van der Waals surface area (Å²) in [7, 11) is 2.92. The minimum Gasteiger partial charge on any atom is -0.496 e. The van der Waals surface area contributed by atoms with E-state index >= 15 is 0 Å². The van der Waals surface area contributed by atoms with Gasteiger partial charge in [-0.2, -0.15) is 0 Å². The number of rotatable bonds is 6. The Morgan fingerprint density at radius 3 is 2.28 bits per heavy atom. The lowest BCUT2D eigenvalue weighted by molar-refractivity contribution is -0.115. The lowest BCUT2D eigenvalue weighted by atomic mass is 10.1. The fourth-order valence-electron chi connectivity index (χ4n) is 2.20. The molecule has 0 spiro atoms. The van der Waals surface area contributed by atoms with Gasteiger partial charge in [-0.3, -0.25) is 9.59 Å². The number of methoxy groups -OCH3 is 2. The Morgan fingerprint density at radius 2 is 1.72 bits per heavy atom. The van der Waals surface area contributed by atoms with Crippen LogP contribution >= 0.6 is 11.6 Å². The number of aryl methyl sites for hydroxylation is 1. The highest BCUT2D eigenvalue weighted by atomic mass is 35.5. The van der Waals surface area contributed by atoms with E-state index in [1.807, 2.05) is 6.92 Å². The molecular weight excluding hydrogens is 344 g/mol. The van der Waals surface area contributed by atoms with Crippen LogP contribution in [0.25, 0.3) is 0 Å². The lowest BCUT2D eigenvalue weighted by Crippen LogP contribution is -2.33. The van der Waals surface area contributed by atoms with Gasteiger partial charge < -0.3 is 20.1 Å². The molecule has 0 aromatic heterocycles. The number of halogens is 1. The van der Waals surface area contributed by atoms with E-state index in [1.54, 1.807) is 36.4 Å². The Bertz CT molecular complexity index is 770. The van der Waals surface area contributed by atoms with Gasteiger partial charge in [-0.1, -0.05) is 23.7 Å². The second-order valence-electron chi connectivity index (χ2n) is 5.23. The second kappa shape index (κ2) is 8.39. The predicted octanol–water partition coefficient (Wildman–Crippen LogP) is 3.03. The number of hydrogen-bond donors (Lipinski definition) is 2. The molecule has 2 aromatic rings. The molecule has 0 radical (unpaired) electrons. The number of benzene rings is 2. The second-order valence-corrected chi connectivity index (χ2v) is 5.64. The summed E-state index contributed by atoms with van der Waals surface area (Å²) in [5, 5.41) is 5.78. The SMILES string of the molecule is COc1cccc(OC)c1C(=O)NCC(=O)Nc1ccc(C)c(Cl)c1. The molecule has 7 heteroatoms. The van der Waals surface area contributed by atoms with Crippen molar-refractivity contribution in [1.82, 2.24) is 5.32 Å². The molecule has 6 nitrogen and oxygen atoms in total. The summed E-state index contributed by atoms with van der Waals surface area (Å²) < 4.78 is 10.4. The van der Waals surface area contributed by atoms with Crippen molar-refractivity contribution in [1.29, 1.82) is 0 Å². The number of nitrogens with one attached hydrogen (secondary N) is 2. The third kappa shape index (κ3) is 4.64. The zero-order valence-corrected chi connectivity index (χ0v) is 14.9. The average Bonchev–Trinajstić information content (AvgIpc) is 2.62. The first-order chi connectivity index (χ1) is 12.0. The maximum Gasteiger partial charge on any atom is 0.259 e. The molecule has 2 rings (SSSR count). The summed E-state index contributed by atoms with van der Waals surface area (Å²) in [5.74, 6) is -0.112. The van der Waals surface area contributed by atoms with Gasteiger partial charge in [0.25, 0.3) is 5.91 Å². The molecule has 0 aliphatic rings. The van der Waals surface area contributed by atoms with Crippen molar-refractivity contribution < 1.29 is 19.1 Å². The van der Waals surface area contributed by atoms with Crippen LogP contribution in [0.4, 0.5) is 5.69 Å². The fourth-order valence-corrected chi connectivity index (χ4v) is 2.38. The number of carbonyl (C=O) groups is 2. The van der Waals surface area contributed by atoms with Crippen LogP contribution in [0, 0.1) is 6.92 Å². The van der Waals surface area contributed by atoms with Crippen LogP contribution in [0.15, 0.2) is 36.4 Å². The number of amides is 2. The summed E-state index contributed by atoms with van der Waals surface area (Å²) in [4.78, 5) is 24.4. The molecule has 2 N–H and O–H groups in total. The van der Waals surface area contributed by atoms with E-state index in [2.05, 4.69) is 10.6 Å². The minimum atomic E-state index is -0.466. The maximum absolute atomic E-state index is 12.4. The van der Waals surface area contributed by atoms with Crippen molar-refractivity contribution >= 4 is 29.1 Å². The molecule has 0 unspecified atom stereocenters. The molecule has 132 valence electrons. The smallest absolute Gasteiger partial charge is 0.259 e. The highest BCUT2D eigenvalue weighted by Crippen LogP contribution is 2.27. The molecule has 0 fully saturated rings. The number of ether oxygens (including phenoxy) is 2. The molecule has 0 aliphatic heterocycles. The molecule has 0 heterocycles. The van der Waals surface area contributed by atoms with Crippen molar-refractivity contribution in [3.63, 3.8) is 0 Å². The van der Waals surface area contributed by atoms with Gasteiger partial charge >= 0.3 is 0 Å². The van der Waals surface area contributed by atoms with E-state index in [0.29, 0.717) is 22.2 Å². The van der Waals surface area contributed by atoms with Gasteiger partial charge in [-0.15, -0.1) is 0 Å². The highest BCUT2D eigenvalue weighted by Gasteiger charge is 2.18. The Kier molecular flexibility index (Phi) is 6.25. The predicted molar refractivity (Wildman–Crippen MR) is 96.7 cm³/mol. The number of anilines is 1. The van der Waals surface area contributed by atoms with E-state index in [9.17, 15) is 9.59 Å². The number of carbonyl (C=O) groups excluding carboxylic acids is 2. The van der Waals surface area contributed by atoms with Crippen molar-refractivity contribution in [2.24, 2.45) is 0 Å². The molecule has 0 bridgehead atoms.